The van der Waals surface area contributed by atoms with Crippen LogP contribution in [-0.4, -0.2) is 24.4 Å². The summed E-state index contributed by atoms with van der Waals surface area (Å²) in [6.45, 7) is 2.80. The zero-order valence-corrected chi connectivity index (χ0v) is 16.0. The molecule has 0 saturated heterocycles. The van der Waals surface area contributed by atoms with Gasteiger partial charge in [0.25, 0.3) is 0 Å². The van der Waals surface area contributed by atoms with Crippen molar-refractivity contribution in [2.45, 2.75) is 32.6 Å². The van der Waals surface area contributed by atoms with E-state index in [1.807, 2.05) is 12.1 Å². The van der Waals surface area contributed by atoms with Gasteiger partial charge < -0.3 is 21.5 Å². The Labute approximate surface area is 164 Å². The minimum Gasteiger partial charge on any atom is -0.423 e. The Balaban J connectivity index is 1.85. The molecule has 7 heteroatoms. The Kier molecular flexibility index (Phi) is 8.02. The molecular formula is C21H26N4O3. The van der Waals surface area contributed by atoms with Gasteiger partial charge in [-0.15, -0.1) is 0 Å². The molecule has 1 amide bonds. The number of nitrogens with zero attached hydrogens (tertiary/aromatic N) is 1. The van der Waals surface area contributed by atoms with Crippen molar-refractivity contribution in [1.29, 1.82) is 0 Å². The number of hydrogen-bond acceptors (Lipinski definition) is 4. The molecule has 0 aliphatic rings. The summed E-state index contributed by atoms with van der Waals surface area (Å²) in [7, 11) is 0. The lowest BCUT2D eigenvalue weighted by molar-refractivity contribution is -0.121. The summed E-state index contributed by atoms with van der Waals surface area (Å²) < 4.78 is 5.36. The quantitative estimate of drug-likeness (QED) is 0.202. The van der Waals surface area contributed by atoms with Gasteiger partial charge in [-0.3, -0.25) is 4.79 Å². The van der Waals surface area contributed by atoms with Gasteiger partial charge in [0.2, 0.25) is 5.91 Å². The number of nitrogens with two attached hydrogens (primary N) is 2. The third kappa shape index (κ3) is 7.11. The van der Waals surface area contributed by atoms with Crippen molar-refractivity contribution in [1.82, 2.24) is 5.32 Å². The molecule has 2 aromatic rings. The average molecular weight is 382 g/mol. The number of guanidine groups is 1. The van der Waals surface area contributed by atoms with Crippen LogP contribution >= 0.6 is 0 Å². The highest BCUT2D eigenvalue weighted by Crippen LogP contribution is 2.17. The minimum absolute atomic E-state index is 0.0474. The van der Waals surface area contributed by atoms with Gasteiger partial charge in [0.05, 0.1) is 11.3 Å². The van der Waals surface area contributed by atoms with Gasteiger partial charge in [-0.25, -0.2) is 9.79 Å². The number of amides is 1. The zero-order chi connectivity index (χ0) is 20.4. The second-order valence-electron chi connectivity index (χ2n) is 6.32. The minimum atomic E-state index is -0.473. The highest BCUT2D eigenvalue weighted by molar-refractivity contribution is 5.91. The molecule has 0 spiro atoms. The highest BCUT2D eigenvalue weighted by atomic mass is 16.5. The van der Waals surface area contributed by atoms with Crippen molar-refractivity contribution in [2.75, 3.05) is 6.54 Å². The maximum atomic E-state index is 12.2. The molecule has 0 aliphatic heterocycles. The molecule has 0 heterocycles. The normalized spacial score (nSPS) is 10.2. The molecule has 7 nitrogen and oxygen atoms in total. The number of rotatable bonds is 9. The van der Waals surface area contributed by atoms with Crippen LogP contribution in [0.15, 0.2) is 53.5 Å². The Hall–Kier alpha value is -3.35. The van der Waals surface area contributed by atoms with Crippen molar-refractivity contribution in [3.63, 3.8) is 0 Å². The van der Waals surface area contributed by atoms with Gasteiger partial charge in [-0.05, 0) is 54.8 Å². The lowest BCUT2D eigenvalue weighted by Gasteiger charge is -2.07. The summed E-state index contributed by atoms with van der Waals surface area (Å²) in [5.74, 6) is -0.0317. The lowest BCUT2D eigenvalue weighted by Crippen LogP contribution is -2.24. The second kappa shape index (κ2) is 10.7. The van der Waals surface area contributed by atoms with E-state index in [4.69, 9.17) is 16.2 Å². The average Bonchev–Trinajstić information content (AvgIpc) is 2.68. The van der Waals surface area contributed by atoms with Gasteiger partial charge >= 0.3 is 5.97 Å². The predicted octanol–water partition coefficient (Wildman–Crippen LogP) is 2.66. The van der Waals surface area contributed by atoms with Gasteiger partial charge in [0.15, 0.2) is 5.96 Å². The van der Waals surface area contributed by atoms with Crippen LogP contribution in [0.4, 0.5) is 5.69 Å². The number of carbonyl (C=O) groups excluding carboxylic acids is 2. The van der Waals surface area contributed by atoms with Crippen LogP contribution in [0.5, 0.6) is 5.75 Å². The molecule has 0 bridgehead atoms. The smallest absolute Gasteiger partial charge is 0.343 e. The lowest BCUT2D eigenvalue weighted by atomic mass is 10.1. The van der Waals surface area contributed by atoms with E-state index >= 15 is 0 Å². The van der Waals surface area contributed by atoms with E-state index in [2.05, 4.69) is 17.2 Å². The van der Waals surface area contributed by atoms with Crippen LogP contribution < -0.4 is 21.5 Å². The number of nitrogens with one attached hydrogen (secondary N) is 1. The number of benzene rings is 2. The summed E-state index contributed by atoms with van der Waals surface area (Å²) in [6.07, 6.45) is 3.12. The van der Waals surface area contributed by atoms with Gasteiger partial charge in [-0.2, -0.15) is 0 Å². The van der Waals surface area contributed by atoms with Crippen LogP contribution in [0.2, 0.25) is 0 Å². The van der Waals surface area contributed by atoms with Crippen molar-refractivity contribution >= 4 is 23.5 Å². The number of aryl methyl sites for hydroxylation is 1. The summed E-state index contributed by atoms with van der Waals surface area (Å²) in [5, 5.41) is 2.89. The summed E-state index contributed by atoms with van der Waals surface area (Å²) in [5.41, 5.74) is 12.6. The van der Waals surface area contributed by atoms with Crippen LogP contribution in [-0.2, 0) is 11.2 Å². The number of carbonyl (C=O) groups is 2. The number of esters is 1. The van der Waals surface area contributed by atoms with Crippen LogP contribution in [0.25, 0.3) is 0 Å². The molecule has 0 fully saturated rings. The summed E-state index contributed by atoms with van der Waals surface area (Å²) >= 11 is 0. The topological polar surface area (TPSA) is 120 Å². The van der Waals surface area contributed by atoms with E-state index in [-0.39, 0.29) is 11.9 Å². The van der Waals surface area contributed by atoms with Gasteiger partial charge in [0, 0.05) is 13.0 Å². The third-order valence-electron chi connectivity index (χ3n) is 3.99. The van der Waals surface area contributed by atoms with Crippen molar-refractivity contribution in [2.24, 2.45) is 16.5 Å². The van der Waals surface area contributed by atoms with E-state index in [1.54, 1.807) is 36.4 Å². The molecule has 5 N–H and O–H groups in total. The largest absolute Gasteiger partial charge is 0.423 e. The van der Waals surface area contributed by atoms with Crippen LogP contribution in [0.1, 0.15) is 42.1 Å². The first-order valence-electron chi connectivity index (χ1n) is 9.25. The predicted molar refractivity (Wildman–Crippen MR) is 110 cm³/mol. The Morgan fingerprint density at radius 1 is 1.04 bits per heavy atom. The van der Waals surface area contributed by atoms with E-state index in [0.717, 1.165) is 24.9 Å². The Bertz CT molecular complexity index is 811. The Morgan fingerprint density at radius 2 is 1.71 bits per heavy atom. The van der Waals surface area contributed by atoms with Crippen molar-refractivity contribution in [3.8, 4) is 5.75 Å². The molecule has 0 radical (unpaired) electrons. The fourth-order valence-corrected chi connectivity index (χ4v) is 2.46. The second-order valence-corrected chi connectivity index (χ2v) is 6.32. The molecule has 0 aromatic heterocycles. The molecule has 0 unspecified atom stereocenters. The fourth-order valence-electron chi connectivity index (χ4n) is 2.46. The Morgan fingerprint density at radius 3 is 2.32 bits per heavy atom. The summed E-state index contributed by atoms with van der Waals surface area (Å²) in [6, 6.07) is 13.6. The number of aliphatic imine (C=N–C) groups is 1. The third-order valence-corrected chi connectivity index (χ3v) is 3.99. The van der Waals surface area contributed by atoms with Gasteiger partial charge in [-0.1, -0.05) is 25.5 Å². The van der Waals surface area contributed by atoms with Crippen molar-refractivity contribution < 1.29 is 14.3 Å². The fraction of sp³-hybridized carbons (Fsp3) is 0.286. The molecular weight excluding hydrogens is 356 g/mol. The maximum absolute atomic E-state index is 12.2. The van der Waals surface area contributed by atoms with E-state index in [9.17, 15) is 9.59 Å². The van der Waals surface area contributed by atoms with Crippen LogP contribution in [0.3, 0.4) is 0 Å². The first-order chi connectivity index (χ1) is 13.5. The zero-order valence-electron chi connectivity index (χ0n) is 16.0. The first kappa shape index (κ1) is 21.0. The maximum Gasteiger partial charge on any atom is 0.343 e. The van der Waals surface area contributed by atoms with Crippen LogP contribution in [0, 0.1) is 0 Å². The molecule has 148 valence electrons. The van der Waals surface area contributed by atoms with Gasteiger partial charge in [0.1, 0.15) is 5.75 Å². The molecule has 2 rings (SSSR count). The number of ether oxygens (including phenoxy) is 1. The molecule has 28 heavy (non-hydrogen) atoms. The molecule has 0 atom stereocenters. The summed E-state index contributed by atoms with van der Waals surface area (Å²) in [4.78, 5) is 27.8. The highest BCUT2D eigenvalue weighted by Gasteiger charge is 2.09. The number of unbranched alkanes of at least 4 members (excludes halogenated alkanes) is 1. The molecule has 2 aromatic carbocycles. The van der Waals surface area contributed by atoms with E-state index in [1.165, 1.54) is 0 Å². The monoisotopic (exact) mass is 382 g/mol. The number of hydrogen-bond donors (Lipinski definition) is 3. The van der Waals surface area contributed by atoms with E-state index in [0.29, 0.717) is 29.8 Å². The standard InChI is InChI=1S/C21H26N4O3/c1-2-3-14-24-19(26)13-6-15-4-11-18(12-5-15)28-20(27)16-7-9-17(10-8-16)25-21(22)23/h4-5,7-12H,2-3,6,13-14H2,1H3,(H,24,26)(H4,22,23,25). The first-order valence-corrected chi connectivity index (χ1v) is 9.25. The SMILES string of the molecule is CCCCNC(=O)CCc1ccc(OC(=O)c2ccc(N=C(N)N)cc2)cc1. The molecule has 0 aliphatic carbocycles. The van der Waals surface area contributed by atoms with Crippen molar-refractivity contribution in [3.05, 3.63) is 59.7 Å². The van der Waals surface area contributed by atoms with E-state index < -0.39 is 5.97 Å². The molecule has 0 saturated carbocycles.